The Hall–Kier alpha value is -2.92. The third kappa shape index (κ3) is 5.28. The van der Waals surface area contributed by atoms with Crippen LogP contribution in [0.5, 0.6) is 0 Å². The number of hydrogen-bond donors (Lipinski definition) is 2. The SMILES string of the molecule is CCc1ccccc1Nc1cnc(C(=O)NCCc2cccc(Cl)c2)cn1. The number of carbonyl (C=O) groups excluding carboxylic acids is 1. The van der Waals surface area contributed by atoms with Crippen LogP contribution in [0.3, 0.4) is 0 Å². The fourth-order valence-electron chi connectivity index (χ4n) is 2.70. The lowest BCUT2D eigenvalue weighted by atomic mass is 10.1. The molecular weight excluding hydrogens is 360 g/mol. The van der Waals surface area contributed by atoms with Gasteiger partial charge in [0.2, 0.25) is 0 Å². The zero-order chi connectivity index (χ0) is 19.1. The number of rotatable bonds is 7. The van der Waals surface area contributed by atoms with Crippen molar-refractivity contribution in [1.29, 1.82) is 0 Å². The third-order valence-corrected chi connectivity index (χ3v) is 4.37. The summed E-state index contributed by atoms with van der Waals surface area (Å²) in [6, 6.07) is 15.6. The molecule has 6 heteroatoms. The van der Waals surface area contributed by atoms with E-state index in [0.29, 0.717) is 23.8 Å². The molecule has 0 spiro atoms. The highest BCUT2D eigenvalue weighted by molar-refractivity contribution is 6.30. The highest BCUT2D eigenvalue weighted by atomic mass is 35.5. The van der Waals surface area contributed by atoms with Crippen molar-refractivity contribution >= 4 is 29.0 Å². The first-order chi connectivity index (χ1) is 13.2. The van der Waals surface area contributed by atoms with Gasteiger partial charge in [-0.3, -0.25) is 4.79 Å². The molecule has 0 radical (unpaired) electrons. The van der Waals surface area contributed by atoms with Gasteiger partial charge in [-0.15, -0.1) is 0 Å². The van der Waals surface area contributed by atoms with Crippen molar-refractivity contribution in [1.82, 2.24) is 15.3 Å². The summed E-state index contributed by atoms with van der Waals surface area (Å²) < 4.78 is 0. The molecule has 0 aliphatic heterocycles. The average Bonchev–Trinajstić information content (AvgIpc) is 2.69. The average molecular weight is 381 g/mol. The number of benzene rings is 2. The number of carbonyl (C=O) groups is 1. The van der Waals surface area contributed by atoms with E-state index in [2.05, 4.69) is 33.6 Å². The van der Waals surface area contributed by atoms with Crippen LogP contribution in [0, 0.1) is 0 Å². The molecule has 2 N–H and O–H groups in total. The molecule has 2 aromatic carbocycles. The molecule has 1 heterocycles. The fourth-order valence-corrected chi connectivity index (χ4v) is 2.91. The molecule has 3 rings (SSSR count). The van der Waals surface area contributed by atoms with Crippen LogP contribution < -0.4 is 10.6 Å². The van der Waals surface area contributed by atoms with Gasteiger partial charge in [-0.2, -0.15) is 0 Å². The summed E-state index contributed by atoms with van der Waals surface area (Å²) in [6.45, 7) is 2.60. The lowest BCUT2D eigenvalue weighted by Crippen LogP contribution is -2.26. The van der Waals surface area contributed by atoms with E-state index in [1.165, 1.54) is 11.8 Å². The molecule has 0 aliphatic rings. The molecular formula is C21H21ClN4O. The minimum atomic E-state index is -0.245. The van der Waals surface area contributed by atoms with Crippen molar-refractivity contribution in [2.45, 2.75) is 19.8 Å². The number of amides is 1. The number of para-hydroxylation sites is 1. The van der Waals surface area contributed by atoms with E-state index in [4.69, 9.17) is 11.6 Å². The van der Waals surface area contributed by atoms with Gasteiger partial charge in [0.15, 0.2) is 0 Å². The first-order valence-electron chi connectivity index (χ1n) is 8.85. The van der Waals surface area contributed by atoms with E-state index < -0.39 is 0 Å². The van der Waals surface area contributed by atoms with E-state index in [9.17, 15) is 4.79 Å². The quantitative estimate of drug-likeness (QED) is 0.637. The normalized spacial score (nSPS) is 10.4. The molecule has 0 bridgehead atoms. The molecule has 27 heavy (non-hydrogen) atoms. The molecule has 138 valence electrons. The number of nitrogens with zero attached hydrogens (tertiary/aromatic N) is 2. The molecule has 0 saturated carbocycles. The second-order valence-electron chi connectivity index (χ2n) is 6.06. The van der Waals surface area contributed by atoms with E-state index in [-0.39, 0.29) is 11.6 Å². The van der Waals surface area contributed by atoms with Crippen LogP contribution in [0.25, 0.3) is 0 Å². The molecule has 5 nitrogen and oxygen atoms in total. The number of anilines is 2. The molecule has 0 aliphatic carbocycles. The Morgan fingerprint density at radius 2 is 1.93 bits per heavy atom. The van der Waals surface area contributed by atoms with Crippen molar-refractivity contribution in [2.75, 3.05) is 11.9 Å². The maximum atomic E-state index is 12.2. The summed E-state index contributed by atoms with van der Waals surface area (Å²) in [5, 5.41) is 6.78. The predicted molar refractivity (Wildman–Crippen MR) is 109 cm³/mol. The van der Waals surface area contributed by atoms with Crippen LogP contribution in [-0.4, -0.2) is 22.4 Å². The van der Waals surface area contributed by atoms with Crippen molar-refractivity contribution in [3.8, 4) is 0 Å². The van der Waals surface area contributed by atoms with Gasteiger partial charge in [0.25, 0.3) is 5.91 Å². The second-order valence-corrected chi connectivity index (χ2v) is 6.49. The van der Waals surface area contributed by atoms with Crippen molar-refractivity contribution in [3.63, 3.8) is 0 Å². The van der Waals surface area contributed by atoms with Crippen LogP contribution in [-0.2, 0) is 12.8 Å². The topological polar surface area (TPSA) is 66.9 Å². The Morgan fingerprint density at radius 1 is 1.07 bits per heavy atom. The van der Waals surface area contributed by atoms with Crippen LogP contribution in [0.2, 0.25) is 5.02 Å². The Bertz CT molecular complexity index is 912. The maximum Gasteiger partial charge on any atom is 0.271 e. The molecule has 0 saturated heterocycles. The Balaban J connectivity index is 1.55. The number of aromatic nitrogens is 2. The van der Waals surface area contributed by atoms with Gasteiger partial charge in [-0.1, -0.05) is 48.9 Å². The standard InChI is InChI=1S/C21H21ClN4O/c1-2-16-7-3-4-9-18(16)26-20-14-24-19(13-25-20)21(27)23-11-10-15-6-5-8-17(22)12-15/h3-9,12-14H,2,10-11H2,1H3,(H,23,27)(H,25,26). The van der Waals surface area contributed by atoms with E-state index in [0.717, 1.165) is 17.7 Å². The van der Waals surface area contributed by atoms with Gasteiger partial charge in [-0.25, -0.2) is 9.97 Å². The van der Waals surface area contributed by atoms with E-state index in [1.807, 2.05) is 42.5 Å². The summed E-state index contributed by atoms with van der Waals surface area (Å²) in [7, 11) is 0. The Labute approximate surface area is 163 Å². The summed E-state index contributed by atoms with van der Waals surface area (Å²) in [5.74, 6) is 0.358. The first-order valence-corrected chi connectivity index (χ1v) is 9.23. The van der Waals surface area contributed by atoms with Crippen molar-refractivity contribution < 1.29 is 4.79 Å². The van der Waals surface area contributed by atoms with Gasteiger partial charge in [0, 0.05) is 17.3 Å². The van der Waals surface area contributed by atoms with E-state index >= 15 is 0 Å². The first kappa shape index (κ1) is 18.9. The zero-order valence-corrected chi connectivity index (χ0v) is 15.8. The summed E-state index contributed by atoms with van der Waals surface area (Å²) in [4.78, 5) is 20.7. The van der Waals surface area contributed by atoms with Crippen LogP contribution in [0.15, 0.2) is 60.9 Å². The van der Waals surface area contributed by atoms with Crippen molar-refractivity contribution in [3.05, 3.63) is 82.8 Å². The summed E-state index contributed by atoms with van der Waals surface area (Å²) in [5.41, 5.74) is 3.55. The highest BCUT2D eigenvalue weighted by Crippen LogP contribution is 2.19. The number of halogens is 1. The van der Waals surface area contributed by atoms with Gasteiger partial charge in [0.05, 0.1) is 12.4 Å². The largest absolute Gasteiger partial charge is 0.350 e. The van der Waals surface area contributed by atoms with Gasteiger partial charge >= 0.3 is 0 Å². The van der Waals surface area contributed by atoms with Gasteiger partial charge in [-0.05, 0) is 42.2 Å². The van der Waals surface area contributed by atoms with E-state index in [1.54, 1.807) is 6.20 Å². The molecule has 1 amide bonds. The van der Waals surface area contributed by atoms with Crippen LogP contribution in [0.4, 0.5) is 11.5 Å². The van der Waals surface area contributed by atoms with Crippen LogP contribution >= 0.6 is 11.6 Å². The monoisotopic (exact) mass is 380 g/mol. The van der Waals surface area contributed by atoms with Crippen molar-refractivity contribution in [2.24, 2.45) is 0 Å². The van der Waals surface area contributed by atoms with Gasteiger partial charge in [0.1, 0.15) is 11.5 Å². The molecule has 0 unspecified atom stereocenters. The summed E-state index contributed by atoms with van der Waals surface area (Å²) in [6.07, 6.45) is 4.67. The lowest BCUT2D eigenvalue weighted by Gasteiger charge is -2.10. The highest BCUT2D eigenvalue weighted by Gasteiger charge is 2.08. The van der Waals surface area contributed by atoms with Gasteiger partial charge < -0.3 is 10.6 Å². The summed E-state index contributed by atoms with van der Waals surface area (Å²) >= 11 is 5.96. The predicted octanol–water partition coefficient (Wildman–Crippen LogP) is 4.41. The Morgan fingerprint density at radius 3 is 2.67 bits per heavy atom. The maximum absolute atomic E-state index is 12.2. The van der Waals surface area contributed by atoms with Crippen LogP contribution in [0.1, 0.15) is 28.5 Å². The Kier molecular flexibility index (Phi) is 6.39. The molecule has 3 aromatic rings. The molecule has 0 fully saturated rings. The smallest absolute Gasteiger partial charge is 0.271 e. The fraction of sp³-hybridized carbons (Fsp3) is 0.190. The number of aryl methyl sites for hydroxylation is 1. The minimum Gasteiger partial charge on any atom is -0.350 e. The lowest BCUT2D eigenvalue weighted by molar-refractivity contribution is 0.0949. The number of hydrogen-bond acceptors (Lipinski definition) is 4. The third-order valence-electron chi connectivity index (χ3n) is 4.13. The second kappa shape index (κ2) is 9.14. The zero-order valence-electron chi connectivity index (χ0n) is 15.1. The minimum absolute atomic E-state index is 0.245. The number of nitrogens with one attached hydrogen (secondary N) is 2. The molecule has 1 aromatic heterocycles. The molecule has 0 atom stereocenters.